The van der Waals surface area contributed by atoms with E-state index in [9.17, 15) is 0 Å². The molecule has 0 aliphatic rings. The zero-order valence-electron chi connectivity index (χ0n) is 12.5. The van der Waals surface area contributed by atoms with Gasteiger partial charge in [0.25, 0.3) is 0 Å². The van der Waals surface area contributed by atoms with Crippen molar-refractivity contribution in [2.24, 2.45) is 0 Å². The maximum atomic E-state index is 2.29. The van der Waals surface area contributed by atoms with Crippen LogP contribution in [0.1, 0.15) is 11.1 Å². The Bertz CT molecular complexity index is 631. The molecule has 0 fully saturated rings. The van der Waals surface area contributed by atoms with Crippen LogP contribution in [0, 0.1) is 0 Å². The fourth-order valence-electron chi connectivity index (χ4n) is 2.41. The summed E-state index contributed by atoms with van der Waals surface area (Å²) in [6.07, 6.45) is 2.30. The first-order valence-corrected chi connectivity index (χ1v) is 9.98. The summed E-state index contributed by atoms with van der Waals surface area (Å²) in [6.45, 7) is 0. The van der Waals surface area contributed by atoms with E-state index in [1.54, 1.807) is 0 Å². The number of hydrogen-bond acceptors (Lipinski definition) is 0. The normalized spacial score (nSPS) is 11.6. The molecule has 22 heavy (non-hydrogen) atoms. The van der Waals surface area contributed by atoms with E-state index in [1.165, 1.54) is 21.7 Å². The SMILES string of the molecule is c1ccc(PCc2ccccc2CPc2ccccc2)cc1. The molecule has 0 aliphatic heterocycles. The molecule has 2 heteroatoms. The van der Waals surface area contributed by atoms with Crippen molar-refractivity contribution in [3.8, 4) is 0 Å². The van der Waals surface area contributed by atoms with Crippen LogP contribution in [-0.4, -0.2) is 0 Å². The summed E-state index contributed by atoms with van der Waals surface area (Å²) in [5.74, 6) is 0. The number of benzene rings is 3. The molecule has 0 radical (unpaired) electrons. The van der Waals surface area contributed by atoms with Crippen molar-refractivity contribution in [3.05, 3.63) is 96.1 Å². The average molecular weight is 322 g/mol. The molecule has 3 rings (SSSR count). The first-order chi connectivity index (χ1) is 10.9. The third-order valence-electron chi connectivity index (χ3n) is 3.63. The summed E-state index contributed by atoms with van der Waals surface area (Å²) >= 11 is 0. The fourth-order valence-corrected chi connectivity index (χ4v) is 4.74. The Morgan fingerprint density at radius 3 is 1.23 bits per heavy atom. The molecule has 0 nitrogen and oxygen atoms in total. The van der Waals surface area contributed by atoms with Crippen LogP contribution in [-0.2, 0) is 12.3 Å². The van der Waals surface area contributed by atoms with Gasteiger partial charge in [0.05, 0.1) is 0 Å². The molecule has 0 heterocycles. The molecule has 0 saturated carbocycles. The van der Waals surface area contributed by atoms with Gasteiger partial charge in [0.2, 0.25) is 0 Å². The third kappa shape index (κ3) is 4.51. The third-order valence-corrected chi connectivity index (χ3v) is 6.23. The zero-order chi connectivity index (χ0) is 15.0. The van der Waals surface area contributed by atoms with Gasteiger partial charge in [-0.1, -0.05) is 102 Å². The van der Waals surface area contributed by atoms with Crippen molar-refractivity contribution in [1.29, 1.82) is 0 Å². The molecule has 3 aromatic rings. The summed E-state index contributed by atoms with van der Waals surface area (Å²) in [6, 6.07) is 30.5. The lowest BCUT2D eigenvalue weighted by Crippen LogP contribution is -1.97. The molecule has 2 atom stereocenters. The minimum absolute atomic E-state index is 0.852. The van der Waals surface area contributed by atoms with Gasteiger partial charge in [0.15, 0.2) is 0 Å². The van der Waals surface area contributed by atoms with Gasteiger partial charge in [-0.2, -0.15) is 0 Å². The molecule has 0 aromatic heterocycles. The molecule has 110 valence electrons. The molecule has 0 bridgehead atoms. The Labute approximate surface area is 136 Å². The van der Waals surface area contributed by atoms with Gasteiger partial charge in [-0.25, -0.2) is 0 Å². The van der Waals surface area contributed by atoms with Crippen LogP contribution < -0.4 is 10.6 Å². The quantitative estimate of drug-likeness (QED) is 0.577. The summed E-state index contributed by atoms with van der Waals surface area (Å²) in [5, 5.41) is 2.89. The highest BCUT2D eigenvalue weighted by atomic mass is 31.1. The van der Waals surface area contributed by atoms with Crippen molar-refractivity contribution in [2.75, 3.05) is 0 Å². The van der Waals surface area contributed by atoms with Crippen molar-refractivity contribution < 1.29 is 0 Å². The van der Waals surface area contributed by atoms with Gasteiger partial charge in [0.1, 0.15) is 0 Å². The Morgan fingerprint density at radius 2 is 0.818 bits per heavy atom. The van der Waals surface area contributed by atoms with Crippen LogP contribution in [0.4, 0.5) is 0 Å². The minimum atomic E-state index is 0.852. The standard InChI is InChI=1S/C20H20P2/c1-3-11-19(12-4-1)21-15-17-9-7-8-10-18(17)16-22-20-13-5-2-6-14-20/h1-14,21-22H,15-16H2. The number of rotatable bonds is 6. The van der Waals surface area contributed by atoms with Gasteiger partial charge in [-0.15, -0.1) is 0 Å². The number of hydrogen-bond donors (Lipinski definition) is 0. The van der Waals surface area contributed by atoms with Crippen molar-refractivity contribution in [3.63, 3.8) is 0 Å². The smallest absolute Gasteiger partial charge is 0.00574 e. The van der Waals surface area contributed by atoms with E-state index in [-0.39, 0.29) is 0 Å². The molecule has 0 spiro atoms. The lowest BCUT2D eigenvalue weighted by molar-refractivity contribution is 1.28. The Kier molecular flexibility index (Phi) is 5.77. The summed E-state index contributed by atoms with van der Waals surface area (Å²) in [5.41, 5.74) is 3.02. The Balaban J connectivity index is 1.65. The van der Waals surface area contributed by atoms with E-state index in [1.807, 2.05) is 0 Å². The predicted octanol–water partition coefficient (Wildman–Crippen LogP) is 4.69. The van der Waals surface area contributed by atoms with E-state index < -0.39 is 0 Å². The lowest BCUT2D eigenvalue weighted by atomic mass is 10.1. The molecule has 0 amide bonds. The van der Waals surface area contributed by atoms with Gasteiger partial charge < -0.3 is 0 Å². The van der Waals surface area contributed by atoms with Crippen molar-refractivity contribution in [1.82, 2.24) is 0 Å². The van der Waals surface area contributed by atoms with Crippen molar-refractivity contribution in [2.45, 2.75) is 12.3 Å². The van der Waals surface area contributed by atoms with E-state index in [0.717, 1.165) is 29.5 Å². The summed E-state index contributed by atoms with van der Waals surface area (Å²) in [7, 11) is 1.70. The van der Waals surface area contributed by atoms with Gasteiger partial charge >= 0.3 is 0 Å². The van der Waals surface area contributed by atoms with Crippen LogP contribution >= 0.6 is 17.2 Å². The monoisotopic (exact) mass is 322 g/mol. The molecule has 0 saturated heterocycles. The summed E-state index contributed by atoms with van der Waals surface area (Å²) in [4.78, 5) is 0. The van der Waals surface area contributed by atoms with E-state index in [4.69, 9.17) is 0 Å². The molecular formula is C20H20P2. The molecule has 2 unspecified atom stereocenters. The maximum Gasteiger partial charge on any atom is -0.00574 e. The van der Waals surface area contributed by atoms with Gasteiger partial charge in [0, 0.05) is 0 Å². The van der Waals surface area contributed by atoms with Crippen LogP contribution in [0.3, 0.4) is 0 Å². The summed E-state index contributed by atoms with van der Waals surface area (Å²) < 4.78 is 0. The van der Waals surface area contributed by atoms with Gasteiger partial charge in [-0.3, -0.25) is 0 Å². The molecular weight excluding hydrogens is 302 g/mol. The van der Waals surface area contributed by atoms with Crippen molar-refractivity contribution >= 4 is 27.8 Å². The Morgan fingerprint density at radius 1 is 0.455 bits per heavy atom. The minimum Gasteiger partial charge on any atom is -0.0859 e. The van der Waals surface area contributed by atoms with Crippen LogP contribution in [0.5, 0.6) is 0 Å². The molecule has 0 N–H and O–H groups in total. The highest BCUT2D eigenvalue weighted by Crippen LogP contribution is 2.26. The van der Waals surface area contributed by atoms with Crippen LogP contribution in [0.15, 0.2) is 84.9 Å². The van der Waals surface area contributed by atoms with Crippen LogP contribution in [0.25, 0.3) is 0 Å². The second-order valence-electron chi connectivity index (χ2n) is 5.21. The Hall–Kier alpha value is -1.48. The highest BCUT2D eigenvalue weighted by molar-refractivity contribution is 7.46. The van der Waals surface area contributed by atoms with Gasteiger partial charge in [-0.05, 0) is 34.1 Å². The maximum absolute atomic E-state index is 2.29. The molecule has 3 aromatic carbocycles. The predicted molar refractivity (Wildman–Crippen MR) is 103 cm³/mol. The average Bonchev–Trinajstić information content (AvgIpc) is 2.61. The van der Waals surface area contributed by atoms with E-state index in [0.29, 0.717) is 0 Å². The molecule has 0 aliphatic carbocycles. The first kappa shape index (κ1) is 15.4. The van der Waals surface area contributed by atoms with Crippen LogP contribution in [0.2, 0.25) is 0 Å². The first-order valence-electron chi connectivity index (χ1n) is 7.56. The topological polar surface area (TPSA) is 0 Å². The second-order valence-corrected chi connectivity index (χ2v) is 7.78. The zero-order valence-corrected chi connectivity index (χ0v) is 14.5. The second kappa shape index (κ2) is 8.23. The van der Waals surface area contributed by atoms with E-state index in [2.05, 4.69) is 84.9 Å². The van der Waals surface area contributed by atoms with E-state index >= 15 is 0 Å². The largest absolute Gasteiger partial charge is 0.0859 e. The fraction of sp³-hybridized carbons (Fsp3) is 0.100. The lowest BCUT2D eigenvalue weighted by Gasteiger charge is -2.10. The highest BCUT2D eigenvalue weighted by Gasteiger charge is 2.03.